The van der Waals surface area contributed by atoms with Crippen molar-refractivity contribution in [2.45, 2.75) is 363 Å². The topological polar surface area (TPSA) is 350 Å². The van der Waals surface area contributed by atoms with Gasteiger partial charge in [-0.05, 0) is 298 Å². The number of alkyl carbamates (subject to hydrolysis) is 2. The molecule has 6 aromatic carbocycles. The minimum Gasteiger partial charge on any atom is -0.497 e. The molecule has 0 saturated heterocycles. The van der Waals surface area contributed by atoms with Gasteiger partial charge in [0.15, 0.2) is 0 Å². The maximum Gasteiger partial charge on any atom is 0.413 e. The number of anilines is 1. The average Bonchev–Trinajstić information content (AvgIpc) is 1.82. The molecule has 0 aliphatic heterocycles. The molecule has 28 nitrogen and oxygen atoms in total. The van der Waals surface area contributed by atoms with Crippen molar-refractivity contribution in [3.8, 4) is 11.5 Å². The van der Waals surface area contributed by atoms with E-state index >= 15 is 0 Å². The van der Waals surface area contributed by atoms with Crippen LogP contribution in [0.3, 0.4) is 0 Å². The number of carbonyl (C=O) groups excluding carboxylic acids is 6. The molecule has 147 heavy (non-hydrogen) atoms. The van der Waals surface area contributed by atoms with Gasteiger partial charge in [0, 0.05) is 111 Å². The number of ether oxygens (including phenoxy) is 4. The van der Waals surface area contributed by atoms with Gasteiger partial charge in [-0.2, -0.15) is 0 Å². The van der Waals surface area contributed by atoms with Gasteiger partial charge in [0.1, 0.15) is 11.5 Å². The molecular formula is C116H205ClN14O14S2. The zero-order valence-corrected chi connectivity index (χ0v) is 102. The van der Waals surface area contributed by atoms with Crippen LogP contribution in [0.4, 0.5) is 29.7 Å². The second-order valence-corrected chi connectivity index (χ2v) is 54.4. The van der Waals surface area contributed by atoms with Crippen LogP contribution in [0.1, 0.15) is 311 Å². The number of para-hydroxylation sites is 1. The first-order valence-electron chi connectivity index (χ1n) is 51.2. The Morgan fingerprint density at radius 1 is 0.429 bits per heavy atom. The molecule has 0 spiro atoms. The largest absolute Gasteiger partial charge is 0.497 e. The van der Waals surface area contributed by atoms with E-state index in [1.807, 2.05) is 239 Å². The van der Waals surface area contributed by atoms with Crippen molar-refractivity contribution in [2.75, 3.05) is 101 Å². The molecule has 8 rings (SSSR count). The van der Waals surface area contributed by atoms with E-state index in [1.54, 1.807) is 95.8 Å². The van der Waals surface area contributed by atoms with Gasteiger partial charge in [-0.3, -0.25) is 4.79 Å². The van der Waals surface area contributed by atoms with Crippen LogP contribution >= 0.6 is 11.6 Å². The Kier molecular flexibility index (Phi) is 68.0. The van der Waals surface area contributed by atoms with Gasteiger partial charge in [0.05, 0.1) is 42.2 Å². The second-order valence-electron chi connectivity index (χ2n) is 50.2. The van der Waals surface area contributed by atoms with E-state index in [9.17, 15) is 45.6 Å². The summed E-state index contributed by atoms with van der Waals surface area (Å²) in [7, 11) is 5.62. The highest BCUT2D eigenvalue weighted by Gasteiger charge is 2.28. The monoisotopic (exact) mass is 2120 g/mol. The fourth-order valence-corrected chi connectivity index (χ4v) is 15.2. The third-order valence-corrected chi connectivity index (χ3v) is 22.0. The zero-order valence-electron chi connectivity index (χ0n) is 99.4. The first kappa shape index (κ1) is 144. The van der Waals surface area contributed by atoms with Gasteiger partial charge in [-0.25, -0.2) is 49.8 Å². The quantitative estimate of drug-likeness (QED) is 0.0319. The third kappa shape index (κ3) is 95.0. The third-order valence-electron chi connectivity index (χ3n) is 18.2. The first-order valence-corrected chi connectivity index (χ1v) is 54.7. The molecule has 11 N–H and O–H groups in total. The number of hydrogen-bond acceptors (Lipinski definition) is 18. The molecule has 0 bridgehead atoms. The van der Waals surface area contributed by atoms with Crippen LogP contribution < -0.4 is 67.4 Å². The second kappa shape index (κ2) is 69.4. The summed E-state index contributed by atoms with van der Waals surface area (Å²) in [5.41, 5.74) is 3.74. The smallest absolute Gasteiger partial charge is 0.413 e. The van der Waals surface area contributed by atoms with E-state index in [0.29, 0.717) is 62.8 Å². The Morgan fingerprint density at radius 3 is 1.19 bits per heavy atom. The van der Waals surface area contributed by atoms with Gasteiger partial charge in [0.2, 0.25) is 26.0 Å². The van der Waals surface area contributed by atoms with E-state index in [1.165, 1.54) is 72.5 Å². The summed E-state index contributed by atoms with van der Waals surface area (Å²) in [5, 5.41) is 30.2. The van der Waals surface area contributed by atoms with Crippen LogP contribution in [0.2, 0.25) is 5.02 Å². The SMILES string of the molecule is CC(C)(C)C(=O)NCCc1ccccc1.CC(C)(C)CNC1CC1.CC(C)(C)CNCc1ccccc1.CC(C)(C)NC(=O)Nc1ccccc1Cl.CC(C)(C)NCC1CCCC1.CC(C)(C)NS(=O)(=O)Cc1ccccc1.CCOC(=O)NC(C)(C)C.CN(C)C(=O)NC(C)(C)C.CN(C)CC(C)(C)C.CN(CC(C)(C)C)S(=O)(=O)c1ccccc1.COC(=O)NC(C)(C)C.COc1ccc(OC(=O)NC(C)(C)C)cc1. The first-order chi connectivity index (χ1) is 66.7. The number of urea groups is 2. The van der Waals surface area contributed by atoms with Crippen LogP contribution in [-0.4, -0.2) is 207 Å². The van der Waals surface area contributed by atoms with E-state index in [0.717, 1.165) is 55.9 Å². The van der Waals surface area contributed by atoms with Crippen molar-refractivity contribution in [3.05, 3.63) is 192 Å². The van der Waals surface area contributed by atoms with Crippen LogP contribution in [0, 0.1) is 33.0 Å². The normalized spacial score (nSPS) is 12.8. The van der Waals surface area contributed by atoms with E-state index in [-0.39, 0.29) is 74.4 Å². The van der Waals surface area contributed by atoms with E-state index < -0.39 is 31.7 Å². The number of nitrogens with one attached hydrogen (secondary N) is 11. The molecule has 0 aromatic heterocycles. The summed E-state index contributed by atoms with van der Waals surface area (Å²) in [5.74, 6) is 2.32. The number of amides is 8. The summed E-state index contributed by atoms with van der Waals surface area (Å²) in [6.45, 7) is 81.9. The minimum atomic E-state index is -3.34. The number of nitrogens with zero attached hydrogens (tertiary/aromatic N) is 3. The van der Waals surface area contributed by atoms with Crippen molar-refractivity contribution in [1.82, 2.24) is 66.7 Å². The maximum absolute atomic E-state index is 12.1. The fourth-order valence-electron chi connectivity index (χ4n) is 12.0. The lowest BCUT2D eigenvalue weighted by Crippen LogP contribution is -2.45. The Hall–Kier alpha value is -9.11. The average molecular weight is 2120 g/mol. The summed E-state index contributed by atoms with van der Waals surface area (Å²) in [6.07, 6.45) is 8.30. The predicted molar refractivity (Wildman–Crippen MR) is 619 cm³/mol. The fraction of sp³-hybridized carbons (Fsp3) is 0.638. The van der Waals surface area contributed by atoms with Gasteiger partial charge >= 0.3 is 30.3 Å². The summed E-state index contributed by atoms with van der Waals surface area (Å²) < 4.78 is 70.8. The molecule has 2 fully saturated rings. The molecule has 2 saturated carbocycles. The molecular weight excluding hydrogens is 1910 g/mol. The Bertz CT molecular complexity index is 4770. The van der Waals surface area contributed by atoms with Crippen molar-refractivity contribution >= 4 is 73.6 Å². The minimum absolute atomic E-state index is 0.0328. The Morgan fingerprint density at radius 2 is 0.837 bits per heavy atom. The molecule has 8 amide bonds. The standard InChI is InChI=1S/C13H19NO.C12H17NO3.C12H19NO2S.C12H19N.C11H15ClN2O.C11H17NO2S.C10H21N.C8H17N.C7H16N2O.C7H15NO2.C7H17N.C6H13NO2/c1-13(2,3)12(15)14-10-9-11-7-5-4-6-8-11;1-12(2,3)13-11(14)16-10-7-5-9(15-4)6-8-10;1-12(2,3)10-13(4)16(14,15)11-8-6-5-7-9-11;1-12(2,3)10-13-9-11-7-5-4-6-8-11;1-11(2,3)14-10(15)13-9-7-5-4-6-8(9)12;1-11(2,3)12-15(13,14)9-10-7-5-4-6-8-10;1-10(2,3)11-8-9-6-4-5-7-9;1-8(2,3)6-9-7-4-5-7;1-7(2,3)8-6(10)9(4)5;1-5-10-6(9)8-7(2,3)4;1-7(2,3)6-8(4)5;1-6(2,3)7-5(8)9-4/h4-8H,9-10H2,1-3H3,(H,14,15);5-8H,1-4H3,(H,13,14);5-9H,10H2,1-4H3;4-8,13H,9-10H2,1-3H3;4-7H,1-3H3,(H2,13,14,15);4-8,12H,9H2,1-3H3;9,11H,4-8H2,1-3H3;7,9H,4-6H2,1-3H3;1-5H3,(H,8,10);5H2,1-4H3,(H,8,9);6H2,1-5H3;1-4H3,(H,7,8). The van der Waals surface area contributed by atoms with Gasteiger partial charge in [0.25, 0.3) is 0 Å². The van der Waals surface area contributed by atoms with Crippen LogP contribution in [0.25, 0.3) is 0 Å². The van der Waals surface area contributed by atoms with Crippen molar-refractivity contribution in [1.29, 1.82) is 0 Å². The van der Waals surface area contributed by atoms with Crippen molar-refractivity contribution < 1.29 is 64.6 Å². The Labute approximate surface area is 899 Å². The molecule has 842 valence electrons. The predicted octanol–water partition coefficient (Wildman–Crippen LogP) is 25.0. The lowest BCUT2D eigenvalue weighted by atomic mass is 9.95. The summed E-state index contributed by atoms with van der Waals surface area (Å²) >= 11 is 5.90. The number of benzene rings is 6. The number of hydrogen-bond donors (Lipinski definition) is 11. The van der Waals surface area contributed by atoms with Crippen LogP contribution in [0.5, 0.6) is 11.5 Å². The summed E-state index contributed by atoms with van der Waals surface area (Å²) in [6, 6.07) is 52.9. The molecule has 0 atom stereocenters. The number of sulfonamides is 2. The highest BCUT2D eigenvalue weighted by atomic mass is 35.5. The molecule has 2 aliphatic rings. The highest BCUT2D eigenvalue weighted by molar-refractivity contribution is 7.89. The molecule has 2 aliphatic carbocycles. The van der Waals surface area contributed by atoms with Gasteiger partial charge in [-0.15, -0.1) is 0 Å². The summed E-state index contributed by atoms with van der Waals surface area (Å²) in [4.78, 5) is 70.7. The van der Waals surface area contributed by atoms with Crippen LogP contribution in [-0.2, 0) is 53.0 Å². The number of methoxy groups -OCH3 is 2. The van der Waals surface area contributed by atoms with Gasteiger partial charge < -0.3 is 81.9 Å². The van der Waals surface area contributed by atoms with Gasteiger partial charge in [-0.1, -0.05) is 250 Å². The zero-order chi connectivity index (χ0) is 115. The highest BCUT2D eigenvalue weighted by Crippen LogP contribution is 2.27. The van der Waals surface area contributed by atoms with Crippen molar-refractivity contribution in [3.63, 3.8) is 0 Å². The lowest BCUT2D eigenvalue weighted by molar-refractivity contribution is -0.128. The molecule has 0 unspecified atom stereocenters. The number of halogens is 1. The number of carbonyl (C=O) groups is 6. The van der Waals surface area contributed by atoms with E-state index in [4.69, 9.17) is 21.1 Å². The van der Waals surface area contributed by atoms with Crippen LogP contribution in [0.15, 0.2) is 175 Å². The van der Waals surface area contributed by atoms with E-state index in [2.05, 4.69) is 206 Å². The molecule has 0 heterocycles. The molecule has 6 aromatic rings. The lowest BCUT2D eigenvalue weighted by Gasteiger charge is -2.26. The maximum atomic E-state index is 12.1. The number of rotatable bonds is 21. The molecule has 0 radical (unpaired) electrons. The Balaban J connectivity index is -0.000000764. The molecule has 31 heteroatoms. The van der Waals surface area contributed by atoms with Crippen molar-refractivity contribution in [2.24, 2.45) is 33.0 Å².